The lowest BCUT2D eigenvalue weighted by Crippen LogP contribution is -2.35. The highest BCUT2D eigenvalue weighted by atomic mass is 16.3. The van der Waals surface area contributed by atoms with Crippen molar-refractivity contribution in [1.29, 1.82) is 0 Å². The summed E-state index contributed by atoms with van der Waals surface area (Å²) < 4.78 is 0. The average Bonchev–Trinajstić information content (AvgIpc) is 2.26. The first-order valence-electron chi connectivity index (χ1n) is 5.57. The van der Waals surface area contributed by atoms with Crippen LogP contribution in [0.15, 0.2) is 30.3 Å². The van der Waals surface area contributed by atoms with Gasteiger partial charge in [0.25, 0.3) is 0 Å². The first-order chi connectivity index (χ1) is 7.15. The Morgan fingerprint density at radius 2 is 1.73 bits per heavy atom. The van der Waals surface area contributed by atoms with Gasteiger partial charge in [-0.25, -0.2) is 0 Å². The zero-order chi connectivity index (χ0) is 11.3. The Kier molecular flexibility index (Phi) is 4.79. The van der Waals surface area contributed by atoms with E-state index in [0.29, 0.717) is 12.0 Å². The number of aliphatic hydroxyl groups is 1. The highest BCUT2D eigenvalue weighted by Gasteiger charge is 2.16. The summed E-state index contributed by atoms with van der Waals surface area (Å²) in [5.41, 5.74) is 1.28. The Balaban J connectivity index is 2.75. The molecule has 0 spiro atoms. The van der Waals surface area contributed by atoms with E-state index in [4.69, 9.17) is 5.11 Å². The van der Waals surface area contributed by atoms with Crippen molar-refractivity contribution in [3.63, 3.8) is 0 Å². The molecule has 0 bridgehead atoms. The predicted octanol–water partition coefficient (Wildman–Crippen LogP) is 2.35. The topological polar surface area (TPSA) is 32.3 Å². The van der Waals surface area contributed by atoms with Crippen LogP contribution in [0.2, 0.25) is 0 Å². The molecule has 0 heterocycles. The fourth-order valence-corrected chi connectivity index (χ4v) is 1.69. The minimum Gasteiger partial charge on any atom is -0.395 e. The third-order valence-electron chi connectivity index (χ3n) is 2.56. The predicted molar refractivity (Wildman–Crippen MR) is 63.7 cm³/mol. The van der Waals surface area contributed by atoms with E-state index in [1.54, 1.807) is 0 Å². The van der Waals surface area contributed by atoms with Gasteiger partial charge in [0.05, 0.1) is 6.61 Å². The van der Waals surface area contributed by atoms with Crippen molar-refractivity contribution in [1.82, 2.24) is 5.32 Å². The van der Waals surface area contributed by atoms with Crippen molar-refractivity contribution in [2.45, 2.75) is 32.9 Å². The van der Waals surface area contributed by atoms with Crippen molar-refractivity contribution in [2.75, 3.05) is 6.61 Å². The van der Waals surface area contributed by atoms with Crippen LogP contribution in [-0.2, 0) is 0 Å². The molecule has 15 heavy (non-hydrogen) atoms. The van der Waals surface area contributed by atoms with Gasteiger partial charge < -0.3 is 10.4 Å². The molecule has 2 N–H and O–H groups in total. The number of benzene rings is 1. The Labute approximate surface area is 92.3 Å². The van der Waals surface area contributed by atoms with Crippen LogP contribution in [0.5, 0.6) is 0 Å². The van der Waals surface area contributed by atoms with Crippen LogP contribution in [0, 0.1) is 5.92 Å². The molecule has 2 heteroatoms. The van der Waals surface area contributed by atoms with Crippen LogP contribution in [0.4, 0.5) is 0 Å². The van der Waals surface area contributed by atoms with Crippen LogP contribution in [0.25, 0.3) is 0 Å². The molecule has 84 valence electrons. The summed E-state index contributed by atoms with van der Waals surface area (Å²) in [6.45, 7) is 6.55. The molecule has 0 radical (unpaired) electrons. The van der Waals surface area contributed by atoms with Gasteiger partial charge in [-0.1, -0.05) is 44.2 Å². The maximum absolute atomic E-state index is 9.05. The van der Waals surface area contributed by atoms with Gasteiger partial charge in [-0.3, -0.25) is 0 Å². The van der Waals surface area contributed by atoms with Crippen LogP contribution in [0.3, 0.4) is 0 Å². The van der Waals surface area contributed by atoms with Crippen molar-refractivity contribution in [3.05, 3.63) is 35.9 Å². The highest BCUT2D eigenvalue weighted by Crippen LogP contribution is 2.21. The summed E-state index contributed by atoms with van der Waals surface area (Å²) in [7, 11) is 0. The van der Waals surface area contributed by atoms with Crippen LogP contribution in [-0.4, -0.2) is 17.8 Å². The standard InChI is InChI=1S/C13H21NO/c1-10(2)13(14-11(3)9-15)12-7-5-4-6-8-12/h4-8,10-11,13-15H,9H2,1-3H3/t11-,13-/m0/s1. The lowest BCUT2D eigenvalue weighted by molar-refractivity contribution is 0.229. The minimum atomic E-state index is 0.137. The summed E-state index contributed by atoms with van der Waals surface area (Å²) >= 11 is 0. The molecule has 1 rings (SSSR count). The van der Waals surface area contributed by atoms with Crippen LogP contribution in [0.1, 0.15) is 32.4 Å². The van der Waals surface area contributed by atoms with Crippen LogP contribution >= 0.6 is 0 Å². The van der Waals surface area contributed by atoms with E-state index >= 15 is 0 Å². The highest BCUT2D eigenvalue weighted by molar-refractivity contribution is 5.19. The molecular formula is C13H21NO. The minimum absolute atomic E-state index is 0.137. The summed E-state index contributed by atoms with van der Waals surface area (Å²) in [5, 5.41) is 12.5. The molecule has 0 amide bonds. The second kappa shape index (κ2) is 5.89. The smallest absolute Gasteiger partial charge is 0.0582 e. The number of aliphatic hydroxyl groups excluding tert-OH is 1. The first kappa shape index (κ1) is 12.2. The van der Waals surface area contributed by atoms with E-state index < -0.39 is 0 Å². The van der Waals surface area contributed by atoms with E-state index in [9.17, 15) is 0 Å². The van der Waals surface area contributed by atoms with Crippen molar-refractivity contribution >= 4 is 0 Å². The van der Waals surface area contributed by atoms with E-state index in [2.05, 4.69) is 43.4 Å². The van der Waals surface area contributed by atoms with Gasteiger partial charge in [0, 0.05) is 12.1 Å². The molecule has 0 saturated heterocycles. The van der Waals surface area contributed by atoms with Gasteiger partial charge in [-0.15, -0.1) is 0 Å². The lowest BCUT2D eigenvalue weighted by atomic mass is 9.95. The van der Waals surface area contributed by atoms with E-state index in [-0.39, 0.29) is 12.6 Å². The molecule has 0 aliphatic heterocycles. The van der Waals surface area contributed by atoms with Crippen molar-refractivity contribution < 1.29 is 5.11 Å². The third-order valence-corrected chi connectivity index (χ3v) is 2.56. The van der Waals surface area contributed by atoms with Gasteiger partial charge >= 0.3 is 0 Å². The summed E-state index contributed by atoms with van der Waals surface area (Å²) in [6.07, 6.45) is 0. The van der Waals surface area contributed by atoms with Crippen molar-refractivity contribution in [3.8, 4) is 0 Å². The average molecular weight is 207 g/mol. The molecule has 1 aromatic carbocycles. The summed E-state index contributed by atoms with van der Waals surface area (Å²) in [5.74, 6) is 0.515. The molecule has 0 aliphatic carbocycles. The quantitative estimate of drug-likeness (QED) is 0.777. The first-order valence-corrected chi connectivity index (χ1v) is 5.57. The maximum Gasteiger partial charge on any atom is 0.0582 e. The molecule has 2 atom stereocenters. The molecular weight excluding hydrogens is 186 g/mol. The van der Waals surface area contributed by atoms with Gasteiger partial charge in [-0.2, -0.15) is 0 Å². The van der Waals surface area contributed by atoms with E-state index in [1.165, 1.54) is 5.56 Å². The Morgan fingerprint density at radius 1 is 1.13 bits per heavy atom. The molecule has 0 fully saturated rings. The molecule has 1 aromatic rings. The van der Waals surface area contributed by atoms with Gasteiger partial charge in [0.15, 0.2) is 0 Å². The Morgan fingerprint density at radius 3 is 2.20 bits per heavy atom. The normalized spacial score (nSPS) is 15.3. The largest absolute Gasteiger partial charge is 0.395 e. The second-order valence-corrected chi connectivity index (χ2v) is 4.38. The second-order valence-electron chi connectivity index (χ2n) is 4.38. The molecule has 0 aromatic heterocycles. The third kappa shape index (κ3) is 3.65. The lowest BCUT2D eigenvalue weighted by Gasteiger charge is -2.26. The molecule has 0 unspecified atom stereocenters. The van der Waals surface area contributed by atoms with Gasteiger partial charge in [0.2, 0.25) is 0 Å². The number of hydrogen-bond acceptors (Lipinski definition) is 2. The SMILES string of the molecule is CC(C)[C@H](N[C@@H](C)CO)c1ccccc1. The molecule has 0 aliphatic rings. The number of nitrogens with one attached hydrogen (secondary N) is 1. The van der Waals surface area contributed by atoms with Crippen LogP contribution < -0.4 is 5.32 Å². The zero-order valence-electron chi connectivity index (χ0n) is 9.77. The van der Waals surface area contributed by atoms with Gasteiger partial charge in [-0.05, 0) is 18.4 Å². The van der Waals surface area contributed by atoms with E-state index in [0.717, 1.165) is 0 Å². The summed E-state index contributed by atoms with van der Waals surface area (Å²) in [4.78, 5) is 0. The Hall–Kier alpha value is -0.860. The maximum atomic E-state index is 9.05. The zero-order valence-corrected chi connectivity index (χ0v) is 9.77. The molecule has 0 saturated carbocycles. The fourth-order valence-electron chi connectivity index (χ4n) is 1.69. The van der Waals surface area contributed by atoms with Crippen molar-refractivity contribution in [2.24, 2.45) is 5.92 Å². The number of hydrogen-bond donors (Lipinski definition) is 2. The monoisotopic (exact) mass is 207 g/mol. The van der Waals surface area contributed by atoms with Gasteiger partial charge in [0.1, 0.15) is 0 Å². The number of rotatable bonds is 5. The van der Waals surface area contributed by atoms with E-state index in [1.807, 2.05) is 13.0 Å². The Bertz CT molecular complexity index is 271. The molecule has 2 nitrogen and oxygen atoms in total. The summed E-state index contributed by atoms with van der Waals surface area (Å²) in [6, 6.07) is 10.8. The fraction of sp³-hybridized carbons (Fsp3) is 0.538.